The summed E-state index contributed by atoms with van der Waals surface area (Å²) in [7, 11) is 0. The molecule has 0 aromatic heterocycles. The SMILES string of the molecule is CCCC/C=C/C=C/C=C\CCCCCCCC(=O)N=O. The maximum absolute atomic E-state index is 10.6. The molecule has 3 nitrogen and oxygen atoms in total. The van der Waals surface area contributed by atoms with Gasteiger partial charge in [-0.05, 0) is 25.7 Å². The van der Waals surface area contributed by atoms with E-state index in [1.165, 1.54) is 32.1 Å². The van der Waals surface area contributed by atoms with Gasteiger partial charge in [0.05, 0.1) is 0 Å². The average molecular weight is 291 g/mol. The number of rotatable bonds is 13. The molecule has 0 heterocycles. The third-order valence-electron chi connectivity index (χ3n) is 3.19. The molecule has 0 saturated carbocycles. The molecule has 0 radical (unpaired) electrons. The zero-order valence-electron chi connectivity index (χ0n) is 13.3. The summed E-state index contributed by atoms with van der Waals surface area (Å²) in [5.74, 6) is -0.520. The zero-order chi connectivity index (χ0) is 15.6. The Morgan fingerprint density at radius 1 is 0.810 bits per heavy atom. The second-order valence-electron chi connectivity index (χ2n) is 5.17. The fraction of sp³-hybridized carbons (Fsp3) is 0.611. The van der Waals surface area contributed by atoms with Gasteiger partial charge in [-0.2, -0.15) is 0 Å². The van der Waals surface area contributed by atoms with Crippen molar-refractivity contribution in [2.24, 2.45) is 5.18 Å². The van der Waals surface area contributed by atoms with Gasteiger partial charge in [0.2, 0.25) is 0 Å². The van der Waals surface area contributed by atoms with E-state index in [4.69, 9.17) is 0 Å². The number of nitrogens with zero attached hydrogens (tertiary/aromatic N) is 1. The Morgan fingerprint density at radius 3 is 2.00 bits per heavy atom. The molecule has 0 N–H and O–H groups in total. The molecule has 0 aromatic rings. The summed E-state index contributed by atoms with van der Waals surface area (Å²) in [5, 5.41) is 2.38. The van der Waals surface area contributed by atoms with Crippen LogP contribution in [0.4, 0.5) is 0 Å². The van der Waals surface area contributed by atoms with Gasteiger partial charge in [-0.25, -0.2) is 0 Å². The van der Waals surface area contributed by atoms with E-state index in [0.717, 1.165) is 25.7 Å². The molecule has 0 fully saturated rings. The molecule has 0 unspecified atom stereocenters. The Kier molecular flexibility index (Phi) is 15.4. The lowest BCUT2D eigenvalue weighted by atomic mass is 10.1. The highest BCUT2D eigenvalue weighted by Crippen LogP contribution is 2.08. The van der Waals surface area contributed by atoms with Crippen LogP contribution in [0.25, 0.3) is 0 Å². The van der Waals surface area contributed by atoms with E-state index in [1.807, 2.05) is 0 Å². The van der Waals surface area contributed by atoms with Crippen LogP contribution in [0, 0.1) is 4.91 Å². The van der Waals surface area contributed by atoms with Gasteiger partial charge in [0.25, 0.3) is 5.91 Å². The quantitative estimate of drug-likeness (QED) is 0.242. The minimum Gasteiger partial charge on any atom is -0.269 e. The number of amides is 1. The molecular weight excluding hydrogens is 262 g/mol. The lowest BCUT2D eigenvalue weighted by molar-refractivity contribution is -0.118. The van der Waals surface area contributed by atoms with Gasteiger partial charge in [-0.1, -0.05) is 75.5 Å². The molecule has 0 saturated heterocycles. The average Bonchev–Trinajstić information content (AvgIpc) is 2.50. The molecule has 0 atom stereocenters. The molecule has 0 bridgehead atoms. The van der Waals surface area contributed by atoms with Crippen LogP contribution >= 0.6 is 0 Å². The second-order valence-corrected chi connectivity index (χ2v) is 5.17. The highest BCUT2D eigenvalue weighted by atomic mass is 16.3. The van der Waals surface area contributed by atoms with Crippen LogP contribution in [-0.4, -0.2) is 5.91 Å². The van der Waals surface area contributed by atoms with E-state index in [2.05, 4.69) is 48.6 Å². The van der Waals surface area contributed by atoms with Crippen molar-refractivity contribution in [2.45, 2.75) is 71.1 Å². The van der Waals surface area contributed by atoms with E-state index >= 15 is 0 Å². The highest BCUT2D eigenvalue weighted by molar-refractivity contribution is 5.76. The maximum atomic E-state index is 10.6. The van der Waals surface area contributed by atoms with E-state index < -0.39 is 5.91 Å². The number of nitroso groups, excluding NO2 is 1. The first-order valence-electron chi connectivity index (χ1n) is 8.15. The normalized spacial score (nSPS) is 11.9. The molecule has 0 aliphatic carbocycles. The van der Waals surface area contributed by atoms with Crippen molar-refractivity contribution >= 4 is 5.91 Å². The van der Waals surface area contributed by atoms with Gasteiger partial charge in [-0.3, -0.25) is 4.79 Å². The Bertz CT molecular complexity index is 343. The lowest BCUT2D eigenvalue weighted by Crippen LogP contribution is -1.90. The van der Waals surface area contributed by atoms with Gasteiger partial charge in [-0.15, -0.1) is 4.91 Å². The topological polar surface area (TPSA) is 46.5 Å². The van der Waals surface area contributed by atoms with Crippen LogP contribution in [0.15, 0.2) is 41.6 Å². The summed E-state index contributed by atoms with van der Waals surface area (Å²) in [4.78, 5) is 20.5. The van der Waals surface area contributed by atoms with Crippen molar-refractivity contribution in [2.75, 3.05) is 0 Å². The Hall–Kier alpha value is -1.51. The van der Waals surface area contributed by atoms with Crippen LogP contribution in [0.3, 0.4) is 0 Å². The predicted octanol–water partition coefficient (Wildman–Crippen LogP) is 5.87. The van der Waals surface area contributed by atoms with Crippen LogP contribution in [0.2, 0.25) is 0 Å². The second kappa shape index (κ2) is 16.5. The molecule has 0 rings (SSSR count). The standard InChI is InChI=1S/C18H29NO2/c1-2-3-4-5-6-7-8-9-10-11-12-13-14-15-16-17-18(20)19-21/h5-10H,2-4,11-17H2,1H3/b6-5+,8-7+,10-9-. The number of allylic oxidation sites excluding steroid dienone is 6. The fourth-order valence-electron chi connectivity index (χ4n) is 1.91. The highest BCUT2D eigenvalue weighted by Gasteiger charge is 1.99. The van der Waals surface area contributed by atoms with E-state index in [1.54, 1.807) is 0 Å². The molecule has 1 amide bonds. The summed E-state index contributed by atoms with van der Waals surface area (Å²) in [6, 6.07) is 0. The molecule has 0 aromatic carbocycles. The summed E-state index contributed by atoms with van der Waals surface area (Å²) < 4.78 is 0. The Labute approximate surface area is 129 Å². The van der Waals surface area contributed by atoms with Crippen molar-refractivity contribution < 1.29 is 4.79 Å². The van der Waals surface area contributed by atoms with Gasteiger partial charge in [0.1, 0.15) is 0 Å². The van der Waals surface area contributed by atoms with E-state index in [0.29, 0.717) is 6.42 Å². The molecule has 0 aliphatic heterocycles. The van der Waals surface area contributed by atoms with Crippen LogP contribution in [0.5, 0.6) is 0 Å². The first-order chi connectivity index (χ1) is 10.3. The van der Waals surface area contributed by atoms with Crippen molar-refractivity contribution in [3.05, 3.63) is 41.4 Å². The number of hydrogen-bond donors (Lipinski definition) is 0. The van der Waals surface area contributed by atoms with E-state index in [9.17, 15) is 9.70 Å². The largest absolute Gasteiger partial charge is 0.286 e. The summed E-state index contributed by atoms with van der Waals surface area (Å²) in [6.45, 7) is 2.20. The maximum Gasteiger partial charge on any atom is 0.286 e. The summed E-state index contributed by atoms with van der Waals surface area (Å²) in [5.41, 5.74) is 0. The predicted molar refractivity (Wildman–Crippen MR) is 90.1 cm³/mol. The van der Waals surface area contributed by atoms with Crippen molar-refractivity contribution in [1.82, 2.24) is 0 Å². The lowest BCUT2D eigenvalue weighted by Gasteiger charge is -1.97. The van der Waals surface area contributed by atoms with Gasteiger partial charge >= 0.3 is 0 Å². The number of hydrogen-bond acceptors (Lipinski definition) is 2. The number of carbonyl (C=O) groups excluding carboxylic acids is 1. The van der Waals surface area contributed by atoms with Gasteiger partial charge in [0.15, 0.2) is 0 Å². The zero-order valence-corrected chi connectivity index (χ0v) is 13.3. The molecule has 3 heteroatoms. The number of carbonyl (C=O) groups is 1. The monoisotopic (exact) mass is 291 g/mol. The first kappa shape index (κ1) is 19.5. The Morgan fingerprint density at radius 2 is 1.38 bits per heavy atom. The molecule has 21 heavy (non-hydrogen) atoms. The summed E-state index contributed by atoms with van der Waals surface area (Å²) in [6.07, 6.45) is 23.1. The third-order valence-corrected chi connectivity index (χ3v) is 3.19. The summed E-state index contributed by atoms with van der Waals surface area (Å²) >= 11 is 0. The fourth-order valence-corrected chi connectivity index (χ4v) is 1.91. The number of unbranched alkanes of at least 4 members (excludes halogenated alkanes) is 7. The molecule has 0 aliphatic rings. The van der Waals surface area contributed by atoms with Gasteiger partial charge in [0, 0.05) is 11.6 Å². The first-order valence-corrected chi connectivity index (χ1v) is 8.15. The Balaban J connectivity index is 3.32. The molecular formula is C18H29NO2. The van der Waals surface area contributed by atoms with E-state index in [-0.39, 0.29) is 0 Å². The van der Waals surface area contributed by atoms with Crippen molar-refractivity contribution in [3.8, 4) is 0 Å². The minimum atomic E-state index is -0.520. The smallest absolute Gasteiger partial charge is 0.269 e. The van der Waals surface area contributed by atoms with Crippen LogP contribution in [-0.2, 0) is 4.79 Å². The van der Waals surface area contributed by atoms with Gasteiger partial charge < -0.3 is 0 Å². The minimum absolute atomic E-state index is 0.306. The molecule has 0 spiro atoms. The third kappa shape index (κ3) is 16.4. The van der Waals surface area contributed by atoms with Crippen LogP contribution in [0.1, 0.15) is 71.1 Å². The van der Waals surface area contributed by atoms with Crippen molar-refractivity contribution in [3.63, 3.8) is 0 Å². The van der Waals surface area contributed by atoms with Crippen LogP contribution < -0.4 is 0 Å². The van der Waals surface area contributed by atoms with Crippen molar-refractivity contribution in [1.29, 1.82) is 0 Å². The molecule has 118 valence electrons.